The zero-order valence-electron chi connectivity index (χ0n) is 27.2. The lowest BCUT2D eigenvalue weighted by atomic mass is 9.85. The Balaban J connectivity index is 1.26. The highest BCUT2D eigenvalue weighted by Gasteiger charge is 2.54. The Morgan fingerprint density at radius 1 is 0.800 bits per heavy atom. The maximum atomic E-state index is 14.8. The molecule has 1 heterocycles. The molecule has 5 aromatic carbocycles. The molecule has 254 valence electrons. The second-order valence-electron chi connectivity index (χ2n) is 12.3. The zero-order valence-corrected chi connectivity index (χ0v) is 28.1. The molecule has 0 fully saturated rings. The summed E-state index contributed by atoms with van der Waals surface area (Å²) < 4.78 is 39.6. The van der Waals surface area contributed by atoms with E-state index in [1.807, 2.05) is 66.7 Å². The number of fused-ring (bicyclic) bond motifs is 3. The summed E-state index contributed by atoms with van der Waals surface area (Å²) in [6.07, 6.45) is -0.581. The summed E-state index contributed by atoms with van der Waals surface area (Å²) in [5.41, 5.74) is 10.0. The molecule has 0 bridgehead atoms. The zero-order chi connectivity index (χ0) is 34.6. The molecule has 0 unspecified atom stereocenters. The van der Waals surface area contributed by atoms with Crippen molar-refractivity contribution in [3.8, 4) is 16.9 Å². The SMILES string of the molecule is O=C(NNC1c2ccccc2-c2ccccc21)[C@@]1(CCS(=O)(=O)c2ccccc2)N=C(c2ccc(OCCCO)cc2)O[C@H]1c1ccccc1. The van der Waals surface area contributed by atoms with Gasteiger partial charge in [-0.25, -0.2) is 18.8 Å². The molecule has 1 amide bonds. The molecule has 10 heteroatoms. The van der Waals surface area contributed by atoms with Gasteiger partial charge in [0.2, 0.25) is 5.90 Å². The van der Waals surface area contributed by atoms with Gasteiger partial charge in [-0.3, -0.25) is 10.2 Å². The van der Waals surface area contributed by atoms with Crippen LogP contribution in [0, 0.1) is 0 Å². The van der Waals surface area contributed by atoms with Gasteiger partial charge in [0.15, 0.2) is 21.5 Å². The van der Waals surface area contributed by atoms with Crippen LogP contribution in [-0.4, -0.2) is 49.8 Å². The molecule has 0 spiro atoms. The molecule has 0 radical (unpaired) electrons. The number of amides is 1. The van der Waals surface area contributed by atoms with Gasteiger partial charge < -0.3 is 14.6 Å². The quantitative estimate of drug-likeness (QED) is 0.103. The molecule has 3 N–H and O–H groups in total. The summed E-state index contributed by atoms with van der Waals surface area (Å²) in [5.74, 6) is -0.0413. The minimum atomic E-state index is -3.79. The smallest absolute Gasteiger partial charge is 0.266 e. The van der Waals surface area contributed by atoms with E-state index < -0.39 is 27.4 Å². The molecule has 1 aliphatic carbocycles. The Hall–Kier alpha value is -5.29. The maximum absolute atomic E-state index is 14.8. The third kappa shape index (κ3) is 6.53. The van der Waals surface area contributed by atoms with Crippen LogP contribution in [0.5, 0.6) is 5.75 Å². The first-order chi connectivity index (χ1) is 24.4. The third-order valence-electron chi connectivity index (χ3n) is 9.15. The van der Waals surface area contributed by atoms with Crippen LogP contribution in [0.25, 0.3) is 11.1 Å². The highest BCUT2D eigenvalue weighted by atomic mass is 32.2. The second-order valence-corrected chi connectivity index (χ2v) is 14.4. The Kier molecular flexibility index (Phi) is 9.49. The molecule has 5 aromatic rings. The van der Waals surface area contributed by atoms with Crippen molar-refractivity contribution in [2.24, 2.45) is 4.99 Å². The third-order valence-corrected chi connectivity index (χ3v) is 10.9. The first kappa shape index (κ1) is 33.2. The predicted octanol–water partition coefficient (Wildman–Crippen LogP) is 5.96. The largest absolute Gasteiger partial charge is 0.494 e. The van der Waals surface area contributed by atoms with E-state index in [-0.39, 0.29) is 35.6 Å². The lowest BCUT2D eigenvalue weighted by molar-refractivity contribution is -0.130. The minimum Gasteiger partial charge on any atom is -0.494 e. The van der Waals surface area contributed by atoms with E-state index in [1.54, 1.807) is 54.6 Å². The van der Waals surface area contributed by atoms with Crippen LogP contribution in [0.2, 0.25) is 0 Å². The molecule has 0 aromatic heterocycles. The van der Waals surface area contributed by atoms with Crippen molar-refractivity contribution < 1.29 is 27.8 Å². The second kappa shape index (κ2) is 14.3. The molecule has 0 saturated heterocycles. The van der Waals surface area contributed by atoms with Gasteiger partial charge in [-0.05, 0) is 64.2 Å². The maximum Gasteiger partial charge on any atom is 0.266 e. The van der Waals surface area contributed by atoms with Crippen LogP contribution < -0.4 is 15.6 Å². The molecule has 1 aliphatic heterocycles. The van der Waals surface area contributed by atoms with Crippen LogP contribution >= 0.6 is 0 Å². The average molecular weight is 688 g/mol. The van der Waals surface area contributed by atoms with Gasteiger partial charge in [-0.1, -0.05) is 97.1 Å². The summed E-state index contributed by atoms with van der Waals surface area (Å²) in [5, 5.41) is 9.10. The molecule has 0 saturated carbocycles. The van der Waals surface area contributed by atoms with Gasteiger partial charge >= 0.3 is 0 Å². The number of aliphatic imine (C=N–C) groups is 1. The standard InChI is InChI=1S/C40H37N3O6S/c44-25-11-26-48-30-22-20-29(21-23-30)38-41-40(37(49-38)28-12-3-1-4-13-28,24-27-50(46,47)31-14-5-2-6-15-31)39(45)43-42-36-34-18-9-7-16-32(34)33-17-8-10-19-35(33)36/h1-10,12-23,36-37,42,44H,11,24-27H2,(H,43,45)/t37-,40-/m0/s1. The van der Waals surface area contributed by atoms with Gasteiger partial charge in [0.1, 0.15) is 5.75 Å². The van der Waals surface area contributed by atoms with Crippen molar-refractivity contribution in [1.29, 1.82) is 0 Å². The topological polar surface area (TPSA) is 126 Å². The first-order valence-corrected chi connectivity index (χ1v) is 18.2. The highest BCUT2D eigenvalue weighted by molar-refractivity contribution is 7.91. The first-order valence-electron chi connectivity index (χ1n) is 16.6. The number of hydrazine groups is 1. The van der Waals surface area contributed by atoms with Gasteiger partial charge in [-0.2, -0.15) is 0 Å². The molecule has 7 rings (SSSR count). The normalized spacial score (nSPS) is 18.1. The van der Waals surface area contributed by atoms with Gasteiger partial charge in [-0.15, -0.1) is 0 Å². The van der Waals surface area contributed by atoms with Gasteiger partial charge in [0.05, 0.1) is 23.3 Å². The lowest BCUT2D eigenvalue weighted by Gasteiger charge is -2.31. The predicted molar refractivity (Wildman–Crippen MR) is 191 cm³/mol. The summed E-state index contributed by atoms with van der Waals surface area (Å²) in [4.78, 5) is 19.9. The van der Waals surface area contributed by atoms with Gasteiger partial charge in [0, 0.05) is 25.0 Å². The van der Waals surface area contributed by atoms with E-state index in [0.717, 1.165) is 22.3 Å². The minimum absolute atomic E-state index is 0.0301. The molecular formula is C40H37N3O6S. The molecular weight excluding hydrogens is 651 g/mol. The van der Waals surface area contributed by atoms with Gasteiger partial charge in [0.25, 0.3) is 5.91 Å². The Morgan fingerprint density at radius 2 is 1.40 bits per heavy atom. The molecule has 9 nitrogen and oxygen atoms in total. The number of nitrogens with one attached hydrogen (secondary N) is 2. The van der Waals surface area contributed by atoms with Crippen LogP contribution in [0.15, 0.2) is 143 Å². The Morgan fingerprint density at radius 3 is 2.04 bits per heavy atom. The number of ether oxygens (including phenoxy) is 2. The lowest BCUT2D eigenvalue weighted by Crippen LogP contribution is -2.54. The fourth-order valence-electron chi connectivity index (χ4n) is 6.59. The van der Waals surface area contributed by atoms with Crippen molar-refractivity contribution in [3.05, 3.63) is 156 Å². The van der Waals surface area contributed by atoms with Crippen molar-refractivity contribution in [2.75, 3.05) is 19.0 Å². The number of hydrogen-bond acceptors (Lipinski definition) is 8. The van der Waals surface area contributed by atoms with Crippen molar-refractivity contribution in [1.82, 2.24) is 10.9 Å². The molecule has 50 heavy (non-hydrogen) atoms. The van der Waals surface area contributed by atoms with Crippen LogP contribution in [0.3, 0.4) is 0 Å². The number of carbonyl (C=O) groups excluding carboxylic acids is 1. The van der Waals surface area contributed by atoms with E-state index in [0.29, 0.717) is 29.9 Å². The fraction of sp³-hybridized carbons (Fsp3) is 0.200. The molecule has 2 atom stereocenters. The van der Waals surface area contributed by atoms with E-state index in [9.17, 15) is 13.2 Å². The number of benzene rings is 5. The van der Waals surface area contributed by atoms with E-state index in [4.69, 9.17) is 19.6 Å². The number of sulfone groups is 1. The van der Waals surface area contributed by atoms with E-state index >= 15 is 0 Å². The number of aliphatic hydroxyl groups is 1. The monoisotopic (exact) mass is 687 g/mol. The summed E-state index contributed by atoms with van der Waals surface area (Å²) in [6.45, 7) is 0.397. The summed E-state index contributed by atoms with van der Waals surface area (Å²) >= 11 is 0. The summed E-state index contributed by atoms with van der Waals surface area (Å²) in [7, 11) is -3.79. The van der Waals surface area contributed by atoms with Crippen LogP contribution in [0.1, 0.15) is 47.2 Å². The average Bonchev–Trinajstić information content (AvgIpc) is 3.71. The van der Waals surface area contributed by atoms with Crippen LogP contribution in [-0.2, 0) is 19.4 Å². The molecule has 2 aliphatic rings. The number of nitrogens with zero attached hydrogens (tertiary/aromatic N) is 1. The fourth-order valence-corrected chi connectivity index (χ4v) is 7.98. The Bertz CT molecular complexity index is 2060. The Labute approximate surface area is 291 Å². The summed E-state index contributed by atoms with van der Waals surface area (Å²) in [6, 6.07) is 40.4. The van der Waals surface area contributed by atoms with Crippen molar-refractivity contribution >= 4 is 21.6 Å². The number of carbonyl (C=O) groups is 1. The number of aliphatic hydroxyl groups excluding tert-OH is 1. The van der Waals surface area contributed by atoms with Crippen molar-refractivity contribution in [3.63, 3.8) is 0 Å². The number of rotatable bonds is 13. The number of hydrogen-bond donors (Lipinski definition) is 3. The van der Waals surface area contributed by atoms with Crippen LogP contribution in [0.4, 0.5) is 0 Å². The van der Waals surface area contributed by atoms with E-state index in [1.165, 1.54) is 0 Å². The van der Waals surface area contributed by atoms with E-state index in [2.05, 4.69) is 23.0 Å². The highest BCUT2D eigenvalue weighted by Crippen LogP contribution is 2.45. The van der Waals surface area contributed by atoms with Crippen molar-refractivity contribution in [2.45, 2.75) is 35.4 Å².